The van der Waals surface area contributed by atoms with Gasteiger partial charge < -0.3 is 20.1 Å². The summed E-state index contributed by atoms with van der Waals surface area (Å²) in [6.07, 6.45) is -0.338. The summed E-state index contributed by atoms with van der Waals surface area (Å²) in [6.45, 7) is 8.66. The highest BCUT2D eigenvalue weighted by molar-refractivity contribution is 5.66. The van der Waals surface area contributed by atoms with Crippen LogP contribution in [0.4, 0.5) is 0 Å². The summed E-state index contributed by atoms with van der Waals surface area (Å²) in [5.41, 5.74) is 0. The van der Waals surface area contributed by atoms with Crippen LogP contribution < -0.4 is 0 Å². The highest BCUT2D eigenvalue weighted by Crippen LogP contribution is 1.68. The molecule has 3 N–H and O–H groups in total. The Morgan fingerprint density at radius 2 is 1.53 bits per heavy atom. The molecule has 0 aliphatic rings. The van der Waals surface area contributed by atoms with E-state index in [1.807, 2.05) is 13.8 Å². The predicted molar refractivity (Wildman–Crippen MR) is 58.9 cm³/mol. The molecule has 15 heavy (non-hydrogen) atoms. The molecule has 0 amide bonds. The van der Waals surface area contributed by atoms with Gasteiger partial charge in [-0.05, 0) is 20.8 Å². The van der Waals surface area contributed by atoms with Crippen LogP contribution in [0, 0.1) is 0 Å². The van der Waals surface area contributed by atoms with E-state index in [0.29, 0.717) is 0 Å². The van der Waals surface area contributed by atoms with E-state index in [0.717, 1.165) is 13.2 Å². The highest BCUT2D eigenvalue weighted by Gasteiger charge is 1.83. The fourth-order valence-electron chi connectivity index (χ4n) is 0.204. The molecule has 1 atom stereocenters. The summed E-state index contributed by atoms with van der Waals surface area (Å²) in [5, 5.41) is 23.7. The van der Waals surface area contributed by atoms with E-state index in [-0.39, 0.29) is 13.0 Å². The number of rotatable bonds is 4. The van der Waals surface area contributed by atoms with E-state index in [1.54, 1.807) is 6.92 Å². The van der Waals surface area contributed by atoms with Crippen LogP contribution in [0.15, 0.2) is 0 Å². The first-order valence-electron chi connectivity index (χ1n) is 5.04. The lowest BCUT2D eigenvalue weighted by molar-refractivity contribution is -0.136. The lowest BCUT2D eigenvalue weighted by Gasteiger charge is -1.90. The van der Waals surface area contributed by atoms with Crippen LogP contribution in [-0.2, 0) is 9.53 Å². The van der Waals surface area contributed by atoms with E-state index in [1.165, 1.54) is 6.92 Å². The molecule has 0 aromatic rings. The third-order valence-corrected chi connectivity index (χ3v) is 0.975. The predicted octanol–water partition coefficient (Wildman–Crippen LogP) is 0.883. The minimum atomic E-state index is -0.745. The zero-order valence-electron chi connectivity index (χ0n) is 10.1. The Balaban J connectivity index is -0.000000144. The van der Waals surface area contributed by atoms with Crippen molar-refractivity contribution in [2.45, 2.75) is 40.2 Å². The molecule has 1 unspecified atom stereocenters. The summed E-state index contributed by atoms with van der Waals surface area (Å²) < 4.78 is 4.83. The van der Waals surface area contributed by atoms with Gasteiger partial charge in [-0.1, -0.05) is 6.92 Å². The van der Waals surface area contributed by atoms with Crippen molar-refractivity contribution >= 4 is 5.97 Å². The standard InChI is InChI=1S/C4H10O.C3H8O2.C3H6O2/c1-3-5-4-2;1-3(5)2-4;1-2-3(4)5/h3-4H2,1-2H3;3-5H,2H2,1H3;2H2,1H3,(H,4,5). The lowest BCUT2D eigenvalue weighted by Crippen LogP contribution is -2.03. The average Bonchev–Trinajstić information content (AvgIpc) is 2.20. The Morgan fingerprint density at radius 3 is 1.53 bits per heavy atom. The SMILES string of the molecule is CC(O)CO.CCC(=O)O.CCOCC. The Bertz CT molecular complexity index is 112. The van der Waals surface area contributed by atoms with Gasteiger partial charge in [0.1, 0.15) is 0 Å². The first kappa shape index (κ1) is 19.9. The molecule has 0 saturated heterocycles. The summed E-state index contributed by atoms with van der Waals surface area (Å²) in [7, 11) is 0. The molecule has 0 aliphatic carbocycles. The molecule has 0 rings (SSSR count). The summed E-state index contributed by atoms with van der Waals surface area (Å²) in [6, 6.07) is 0. The van der Waals surface area contributed by atoms with Crippen LogP contribution in [0.2, 0.25) is 0 Å². The fraction of sp³-hybridized carbons (Fsp3) is 0.900. The van der Waals surface area contributed by atoms with Crippen molar-refractivity contribution in [1.29, 1.82) is 0 Å². The number of aliphatic hydroxyl groups excluding tert-OH is 2. The summed E-state index contributed by atoms with van der Waals surface area (Å²) in [5.74, 6) is -0.745. The van der Waals surface area contributed by atoms with Crippen molar-refractivity contribution in [2.75, 3.05) is 19.8 Å². The molecule has 0 saturated carbocycles. The van der Waals surface area contributed by atoms with Crippen LogP contribution in [0.1, 0.15) is 34.1 Å². The van der Waals surface area contributed by atoms with Crippen LogP contribution in [0.3, 0.4) is 0 Å². The zero-order valence-corrected chi connectivity index (χ0v) is 10.1. The fourth-order valence-corrected chi connectivity index (χ4v) is 0.204. The first-order valence-corrected chi connectivity index (χ1v) is 5.04. The highest BCUT2D eigenvalue weighted by atomic mass is 16.5. The maximum atomic E-state index is 9.37. The van der Waals surface area contributed by atoms with E-state index in [4.69, 9.17) is 20.1 Å². The number of ether oxygens (including phenoxy) is 1. The summed E-state index contributed by atoms with van der Waals surface area (Å²) in [4.78, 5) is 9.37. The number of carbonyl (C=O) groups is 1. The van der Waals surface area contributed by atoms with Gasteiger partial charge in [0.15, 0.2) is 0 Å². The van der Waals surface area contributed by atoms with Gasteiger partial charge in [0.05, 0.1) is 12.7 Å². The van der Waals surface area contributed by atoms with Gasteiger partial charge in [0.2, 0.25) is 0 Å². The smallest absolute Gasteiger partial charge is 0.303 e. The molecular weight excluding hydrogens is 200 g/mol. The molecular formula is C10H24O5. The molecule has 0 bridgehead atoms. The van der Waals surface area contributed by atoms with Crippen molar-refractivity contribution in [3.63, 3.8) is 0 Å². The van der Waals surface area contributed by atoms with Crippen molar-refractivity contribution in [3.8, 4) is 0 Å². The van der Waals surface area contributed by atoms with Gasteiger partial charge >= 0.3 is 5.97 Å². The van der Waals surface area contributed by atoms with Crippen LogP contribution in [0.25, 0.3) is 0 Å². The minimum Gasteiger partial charge on any atom is -0.481 e. The molecule has 5 nitrogen and oxygen atoms in total. The minimum absolute atomic E-state index is 0.139. The Kier molecular flexibility index (Phi) is 25.2. The second kappa shape index (κ2) is 19.0. The second-order valence-electron chi connectivity index (χ2n) is 2.56. The molecule has 0 spiro atoms. The number of carboxylic acids is 1. The molecule has 0 aromatic heterocycles. The van der Waals surface area contributed by atoms with Crippen molar-refractivity contribution in [1.82, 2.24) is 0 Å². The quantitative estimate of drug-likeness (QED) is 0.660. The third-order valence-electron chi connectivity index (χ3n) is 0.975. The topological polar surface area (TPSA) is 87.0 Å². The molecule has 0 aliphatic heterocycles. The average molecular weight is 224 g/mol. The van der Waals surface area contributed by atoms with Crippen molar-refractivity contribution < 1.29 is 24.9 Å². The molecule has 0 radical (unpaired) electrons. The van der Waals surface area contributed by atoms with Crippen molar-refractivity contribution in [2.24, 2.45) is 0 Å². The van der Waals surface area contributed by atoms with E-state index in [9.17, 15) is 4.79 Å². The molecule has 0 aromatic carbocycles. The van der Waals surface area contributed by atoms with E-state index < -0.39 is 12.1 Å². The number of hydrogen-bond donors (Lipinski definition) is 3. The monoisotopic (exact) mass is 224 g/mol. The third kappa shape index (κ3) is 60.1. The second-order valence-corrected chi connectivity index (χ2v) is 2.56. The number of hydrogen-bond acceptors (Lipinski definition) is 4. The number of carboxylic acid groups (broad SMARTS) is 1. The number of aliphatic carboxylic acids is 1. The molecule has 0 heterocycles. The first-order chi connectivity index (χ1) is 6.95. The number of aliphatic hydroxyl groups is 2. The van der Waals surface area contributed by atoms with E-state index >= 15 is 0 Å². The molecule has 94 valence electrons. The van der Waals surface area contributed by atoms with Gasteiger partial charge in [-0.15, -0.1) is 0 Å². The zero-order chi connectivity index (χ0) is 12.7. The summed E-state index contributed by atoms with van der Waals surface area (Å²) >= 11 is 0. The Morgan fingerprint density at radius 1 is 1.27 bits per heavy atom. The molecule has 5 heteroatoms. The van der Waals surface area contributed by atoms with Crippen LogP contribution >= 0.6 is 0 Å². The lowest BCUT2D eigenvalue weighted by atomic mass is 10.5. The van der Waals surface area contributed by atoms with E-state index in [2.05, 4.69) is 0 Å². The molecule has 0 fully saturated rings. The van der Waals surface area contributed by atoms with Gasteiger partial charge in [-0.2, -0.15) is 0 Å². The Labute approximate surface area is 91.7 Å². The van der Waals surface area contributed by atoms with Crippen LogP contribution in [0.5, 0.6) is 0 Å². The normalized spacial score (nSPS) is 10.3. The largest absolute Gasteiger partial charge is 0.481 e. The van der Waals surface area contributed by atoms with Gasteiger partial charge in [-0.3, -0.25) is 4.79 Å². The maximum absolute atomic E-state index is 9.37. The van der Waals surface area contributed by atoms with Gasteiger partial charge in [0.25, 0.3) is 0 Å². The Hall–Kier alpha value is -0.650. The van der Waals surface area contributed by atoms with Gasteiger partial charge in [0, 0.05) is 19.6 Å². The van der Waals surface area contributed by atoms with Crippen molar-refractivity contribution in [3.05, 3.63) is 0 Å². The maximum Gasteiger partial charge on any atom is 0.303 e. The van der Waals surface area contributed by atoms with Gasteiger partial charge in [-0.25, -0.2) is 0 Å². The van der Waals surface area contributed by atoms with Crippen LogP contribution in [-0.4, -0.2) is 47.2 Å².